The number of nitrogens with one attached hydrogen (secondary N) is 2. The van der Waals surface area contributed by atoms with E-state index in [1.807, 2.05) is 54.6 Å². The van der Waals surface area contributed by atoms with E-state index in [1.165, 1.54) is 17.6 Å². The van der Waals surface area contributed by atoms with E-state index in [4.69, 9.17) is 16.3 Å². The second-order valence-corrected chi connectivity index (χ2v) is 11.1. The van der Waals surface area contributed by atoms with Crippen LogP contribution in [0.4, 0.5) is 5.69 Å². The Bertz CT molecular complexity index is 1770. The van der Waals surface area contributed by atoms with Crippen LogP contribution in [0.5, 0.6) is 5.75 Å². The Morgan fingerprint density at radius 3 is 2.41 bits per heavy atom. The number of fused-ring (bicyclic) bond motifs is 1. The summed E-state index contributed by atoms with van der Waals surface area (Å²) in [6.45, 7) is 0. The van der Waals surface area contributed by atoms with Crippen molar-refractivity contribution in [3.8, 4) is 5.75 Å². The largest absolute Gasteiger partial charge is 0.422 e. The number of hydrazone groups is 1. The topological polar surface area (TPSA) is 96.9 Å². The van der Waals surface area contributed by atoms with Gasteiger partial charge in [-0.2, -0.15) is 5.10 Å². The highest BCUT2D eigenvalue weighted by molar-refractivity contribution is 9.10. The molecule has 5 aromatic rings. The van der Waals surface area contributed by atoms with Crippen molar-refractivity contribution in [3.63, 3.8) is 0 Å². The van der Waals surface area contributed by atoms with Crippen LogP contribution in [0, 0.1) is 0 Å². The zero-order valence-corrected chi connectivity index (χ0v) is 24.4. The number of thiophene rings is 1. The molecule has 0 radical (unpaired) electrons. The zero-order valence-electron chi connectivity index (χ0n) is 21.3. The fourth-order valence-electron chi connectivity index (χ4n) is 3.92. The van der Waals surface area contributed by atoms with E-state index in [1.54, 1.807) is 42.5 Å². The number of ether oxygens (including phenoxy) is 1. The van der Waals surface area contributed by atoms with Gasteiger partial charge in [0.2, 0.25) is 5.91 Å². The molecule has 0 aliphatic carbocycles. The second kappa shape index (κ2) is 12.9. The van der Waals surface area contributed by atoms with Crippen LogP contribution in [0.15, 0.2) is 107 Å². The first-order valence-corrected chi connectivity index (χ1v) is 14.3. The molecular formula is C31H21BrClN3O4S. The average molecular weight is 647 g/mol. The molecule has 5 rings (SSSR count). The lowest BCUT2D eigenvalue weighted by Gasteiger charge is -2.08. The van der Waals surface area contributed by atoms with Crippen molar-refractivity contribution >= 4 is 78.6 Å². The maximum atomic E-state index is 12.9. The summed E-state index contributed by atoms with van der Waals surface area (Å²) < 4.78 is 7.26. The Hall–Kier alpha value is -4.31. The third kappa shape index (κ3) is 7.07. The van der Waals surface area contributed by atoms with Gasteiger partial charge in [0, 0.05) is 31.4 Å². The summed E-state index contributed by atoms with van der Waals surface area (Å²) in [6.07, 6.45) is 1.64. The Morgan fingerprint density at radius 2 is 1.66 bits per heavy atom. The Kier molecular flexibility index (Phi) is 8.88. The van der Waals surface area contributed by atoms with Crippen LogP contribution < -0.4 is 15.5 Å². The van der Waals surface area contributed by atoms with Gasteiger partial charge in [-0.05, 0) is 54.1 Å². The lowest BCUT2D eigenvalue weighted by atomic mass is 10.1. The van der Waals surface area contributed by atoms with Gasteiger partial charge in [-0.1, -0.05) is 76.1 Å². The highest BCUT2D eigenvalue weighted by atomic mass is 79.9. The predicted molar refractivity (Wildman–Crippen MR) is 166 cm³/mol. The number of hydrogen-bond acceptors (Lipinski definition) is 6. The number of halogens is 2. The molecule has 4 aromatic carbocycles. The van der Waals surface area contributed by atoms with Crippen LogP contribution in [0.3, 0.4) is 0 Å². The van der Waals surface area contributed by atoms with Crippen molar-refractivity contribution in [2.24, 2.45) is 5.10 Å². The van der Waals surface area contributed by atoms with Gasteiger partial charge in [0.05, 0.1) is 17.7 Å². The third-order valence-corrected chi connectivity index (χ3v) is 8.05. The predicted octanol–water partition coefficient (Wildman–Crippen LogP) is 7.48. The van der Waals surface area contributed by atoms with Crippen LogP contribution in [0.2, 0.25) is 5.02 Å². The SMILES string of the molecule is O=C(Cc1ccccc1)Nc1ccc(C(=O)N/N=C\c2cc(Br)ccc2OC(=O)c2sc3ccccc3c2Cl)cc1. The normalized spacial score (nSPS) is 11.0. The van der Waals surface area contributed by atoms with Crippen LogP contribution in [-0.4, -0.2) is 24.0 Å². The van der Waals surface area contributed by atoms with Crippen molar-refractivity contribution in [1.29, 1.82) is 0 Å². The Labute approximate surface area is 252 Å². The molecule has 1 aromatic heterocycles. The molecule has 0 saturated heterocycles. The minimum atomic E-state index is -0.590. The molecule has 10 heteroatoms. The Morgan fingerprint density at radius 1 is 0.927 bits per heavy atom. The smallest absolute Gasteiger partial charge is 0.355 e. The highest BCUT2D eigenvalue weighted by Crippen LogP contribution is 2.36. The maximum Gasteiger partial charge on any atom is 0.355 e. The van der Waals surface area contributed by atoms with E-state index in [2.05, 4.69) is 31.8 Å². The molecule has 204 valence electrons. The van der Waals surface area contributed by atoms with Crippen molar-refractivity contribution in [2.45, 2.75) is 6.42 Å². The zero-order chi connectivity index (χ0) is 28.8. The number of benzene rings is 4. The average Bonchev–Trinajstić information content (AvgIpc) is 3.31. The molecule has 0 spiro atoms. The molecule has 0 aliphatic heterocycles. The number of rotatable bonds is 8. The molecular weight excluding hydrogens is 626 g/mol. The fraction of sp³-hybridized carbons (Fsp3) is 0.0323. The van der Waals surface area contributed by atoms with Gasteiger partial charge < -0.3 is 10.1 Å². The van der Waals surface area contributed by atoms with Gasteiger partial charge in [-0.15, -0.1) is 11.3 Å². The molecule has 0 saturated carbocycles. The molecule has 0 bridgehead atoms. The number of esters is 1. The summed E-state index contributed by atoms with van der Waals surface area (Å²) in [5.74, 6) is -0.944. The molecule has 0 atom stereocenters. The van der Waals surface area contributed by atoms with Gasteiger partial charge in [-0.3, -0.25) is 9.59 Å². The minimum Gasteiger partial charge on any atom is -0.422 e. The van der Waals surface area contributed by atoms with E-state index in [0.717, 1.165) is 20.1 Å². The maximum absolute atomic E-state index is 12.9. The first kappa shape index (κ1) is 28.2. The lowest BCUT2D eigenvalue weighted by Crippen LogP contribution is -2.18. The number of nitrogens with zero attached hydrogens (tertiary/aromatic N) is 1. The standard InChI is InChI=1S/C31H21BrClN3O4S/c32-22-12-15-25(40-31(39)29-28(33)24-8-4-5-9-26(24)41-29)21(17-22)18-34-36-30(38)20-10-13-23(14-11-20)35-27(37)16-19-6-2-1-3-7-19/h1-15,17-18H,16H2,(H,35,37)(H,36,38)/b34-18-. The molecule has 2 amide bonds. The van der Waals surface area contributed by atoms with Gasteiger partial charge in [0.15, 0.2) is 0 Å². The monoisotopic (exact) mass is 645 g/mol. The number of amides is 2. The summed E-state index contributed by atoms with van der Waals surface area (Å²) in [5.41, 5.74) is 4.76. The Balaban J connectivity index is 1.21. The van der Waals surface area contributed by atoms with Crippen LogP contribution >= 0.6 is 38.9 Å². The van der Waals surface area contributed by atoms with E-state index in [0.29, 0.717) is 26.7 Å². The van der Waals surface area contributed by atoms with Gasteiger partial charge >= 0.3 is 5.97 Å². The number of anilines is 1. The van der Waals surface area contributed by atoms with Crippen LogP contribution in [-0.2, 0) is 11.2 Å². The minimum absolute atomic E-state index is 0.154. The molecule has 41 heavy (non-hydrogen) atoms. The van der Waals surface area contributed by atoms with Crippen molar-refractivity contribution in [2.75, 3.05) is 5.32 Å². The summed E-state index contributed by atoms with van der Waals surface area (Å²) in [6, 6.07) is 28.4. The molecule has 0 fully saturated rings. The van der Waals surface area contributed by atoms with E-state index in [9.17, 15) is 14.4 Å². The number of hydrogen-bond donors (Lipinski definition) is 2. The molecule has 2 N–H and O–H groups in total. The van der Waals surface area contributed by atoms with Crippen molar-refractivity contribution < 1.29 is 19.1 Å². The summed E-state index contributed by atoms with van der Waals surface area (Å²) in [4.78, 5) is 38.2. The molecule has 0 unspecified atom stereocenters. The number of carbonyl (C=O) groups excluding carboxylic acids is 3. The van der Waals surface area contributed by atoms with Crippen molar-refractivity contribution in [1.82, 2.24) is 5.43 Å². The van der Waals surface area contributed by atoms with Crippen LogP contribution in [0.1, 0.15) is 31.2 Å². The van der Waals surface area contributed by atoms with Gasteiger partial charge in [-0.25, -0.2) is 10.2 Å². The lowest BCUT2D eigenvalue weighted by molar-refractivity contribution is -0.115. The van der Waals surface area contributed by atoms with Crippen molar-refractivity contribution in [3.05, 3.63) is 128 Å². The van der Waals surface area contributed by atoms with E-state index >= 15 is 0 Å². The summed E-state index contributed by atoms with van der Waals surface area (Å²) in [7, 11) is 0. The number of carbonyl (C=O) groups is 3. The molecule has 1 heterocycles. The van der Waals surface area contributed by atoms with Crippen LogP contribution in [0.25, 0.3) is 10.1 Å². The second-order valence-electron chi connectivity index (χ2n) is 8.80. The van der Waals surface area contributed by atoms with E-state index in [-0.39, 0.29) is 18.1 Å². The third-order valence-electron chi connectivity index (χ3n) is 5.90. The first-order chi connectivity index (χ1) is 19.9. The fourth-order valence-corrected chi connectivity index (χ4v) is 5.68. The van der Waals surface area contributed by atoms with Gasteiger partial charge in [0.25, 0.3) is 5.91 Å². The first-order valence-electron chi connectivity index (χ1n) is 12.3. The molecule has 7 nitrogen and oxygen atoms in total. The highest BCUT2D eigenvalue weighted by Gasteiger charge is 2.20. The molecule has 0 aliphatic rings. The summed E-state index contributed by atoms with van der Waals surface area (Å²) >= 11 is 11.1. The summed E-state index contributed by atoms with van der Waals surface area (Å²) in [5, 5.41) is 7.99. The van der Waals surface area contributed by atoms with Gasteiger partial charge in [0.1, 0.15) is 10.6 Å². The van der Waals surface area contributed by atoms with E-state index < -0.39 is 11.9 Å². The quantitative estimate of drug-likeness (QED) is 0.0791.